The molecule has 0 fully saturated rings. The molecular formula is C12H13NO. The average Bonchev–Trinajstić information content (AvgIpc) is 2.16. The van der Waals surface area contributed by atoms with Crippen LogP contribution >= 0.6 is 0 Å². The van der Waals surface area contributed by atoms with E-state index in [1.165, 1.54) is 11.1 Å². The zero-order valence-electron chi connectivity index (χ0n) is 8.50. The van der Waals surface area contributed by atoms with E-state index in [0.717, 1.165) is 24.1 Å². The third-order valence-electron chi connectivity index (χ3n) is 2.58. The quantitative estimate of drug-likeness (QED) is 0.632. The van der Waals surface area contributed by atoms with Crippen LogP contribution in [0.15, 0.2) is 17.8 Å². The number of pyridine rings is 1. The molecule has 0 spiro atoms. The normalized spacial score (nSPS) is 14.6. The van der Waals surface area contributed by atoms with Gasteiger partial charge in [-0.1, -0.05) is 5.57 Å². The maximum Gasteiger partial charge on any atom is 0.161 e. The molecule has 0 N–H and O–H groups in total. The predicted octanol–water partition coefficient (Wildman–Crippen LogP) is 2.63. The fourth-order valence-corrected chi connectivity index (χ4v) is 1.68. The third kappa shape index (κ3) is 1.60. The van der Waals surface area contributed by atoms with E-state index in [1.54, 1.807) is 13.1 Å². The van der Waals surface area contributed by atoms with Crippen molar-refractivity contribution in [3.8, 4) is 0 Å². The Morgan fingerprint density at radius 2 is 2.21 bits per heavy atom. The standard InChI is InChI=1S/C12H13NO/c1-8-3-4-10-6-11(9(2)14)7-13-12(10)5-8/h5-7H,3-4H2,1-2H3. The number of Topliss-reactive ketones (excluding diaryl/α,β-unsaturated/α-hetero) is 1. The van der Waals surface area contributed by atoms with Crippen molar-refractivity contribution in [2.75, 3.05) is 0 Å². The van der Waals surface area contributed by atoms with E-state index in [0.29, 0.717) is 0 Å². The van der Waals surface area contributed by atoms with Crippen LogP contribution in [0.4, 0.5) is 0 Å². The van der Waals surface area contributed by atoms with Crippen LogP contribution in [0.2, 0.25) is 0 Å². The van der Waals surface area contributed by atoms with E-state index in [4.69, 9.17) is 0 Å². The van der Waals surface area contributed by atoms with Gasteiger partial charge in [0, 0.05) is 11.8 Å². The molecular weight excluding hydrogens is 174 g/mol. The number of carbonyl (C=O) groups is 1. The Labute approximate surface area is 83.7 Å². The minimum Gasteiger partial charge on any atom is -0.294 e. The van der Waals surface area contributed by atoms with E-state index >= 15 is 0 Å². The molecule has 0 radical (unpaired) electrons. The first-order valence-corrected chi connectivity index (χ1v) is 4.84. The molecule has 0 aliphatic heterocycles. The zero-order chi connectivity index (χ0) is 10.1. The molecule has 1 heterocycles. The number of fused-ring (bicyclic) bond motifs is 1. The van der Waals surface area contributed by atoms with E-state index in [9.17, 15) is 4.79 Å². The Morgan fingerprint density at radius 3 is 2.93 bits per heavy atom. The molecule has 0 amide bonds. The van der Waals surface area contributed by atoms with Crippen LogP contribution in [-0.4, -0.2) is 10.8 Å². The third-order valence-corrected chi connectivity index (χ3v) is 2.58. The van der Waals surface area contributed by atoms with Crippen molar-refractivity contribution in [3.05, 3.63) is 34.7 Å². The Kier molecular flexibility index (Phi) is 2.20. The van der Waals surface area contributed by atoms with Crippen molar-refractivity contribution in [2.24, 2.45) is 0 Å². The highest BCUT2D eigenvalue weighted by Gasteiger charge is 2.10. The summed E-state index contributed by atoms with van der Waals surface area (Å²) in [6.07, 6.45) is 5.85. The van der Waals surface area contributed by atoms with Gasteiger partial charge in [0.2, 0.25) is 0 Å². The van der Waals surface area contributed by atoms with Gasteiger partial charge >= 0.3 is 0 Å². The number of nitrogens with zero attached hydrogens (tertiary/aromatic N) is 1. The topological polar surface area (TPSA) is 30.0 Å². The van der Waals surface area contributed by atoms with Crippen molar-refractivity contribution in [1.29, 1.82) is 0 Å². The Balaban J connectivity index is 2.47. The van der Waals surface area contributed by atoms with Crippen LogP contribution in [0, 0.1) is 0 Å². The van der Waals surface area contributed by atoms with E-state index in [2.05, 4.69) is 18.0 Å². The van der Waals surface area contributed by atoms with E-state index in [1.807, 2.05) is 6.07 Å². The summed E-state index contributed by atoms with van der Waals surface area (Å²) in [6, 6.07) is 1.97. The number of allylic oxidation sites excluding steroid dienone is 1. The van der Waals surface area contributed by atoms with Gasteiger partial charge in [-0.15, -0.1) is 0 Å². The zero-order valence-corrected chi connectivity index (χ0v) is 8.50. The summed E-state index contributed by atoms with van der Waals surface area (Å²) in [4.78, 5) is 15.4. The van der Waals surface area contributed by atoms with Gasteiger partial charge in [0.25, 0.3) is 0 Å². The van der Waals surface area contributed by atoms with Crippen molar-refractivity contribution in [1.82, 2.24) is 4.98 Å². The first-order valence-electron chi connectivity index (χ1n) is 4.84. The Bertz CT molecular complexity index is 418. The first kappa shape index (κ1) is 9.13. The summed E-state index contributed by atoms with van der Waals surface area (Å²) >= 11 is 0. The van der Waals surface area contributed by atoms with E-state index < -0.39 is 0 Å². The average molecular weight is 187 g/mol. The molecule has 2 heteroatoms. The Hall–Kier alpha value is -1.44. The van der Waals surface area contributed by atoms with Crippen LogP contribution in [0.25, 0.3) is 6.08 Å². The molecule has 0 unspecified atom stereocenters. The number of aryl methyl sites for hydroxylation is 1. The largest absolute Gasteiger partial charge is 0.294 e. The maximum absolute atomic E-state index is 11.1. The fourth-order valence-electron chi connectivity index (χ4n) is 1.68. The highest BCUT2D eigenvalue weighted by Crippen LogP contribution is 2.22. The van der Waals surface area contributed by atoms with Crippen LogP contribution in [0.1, 0.15) is 41.9 Å². The van der Waals surface area contributed by atoms with Crippen molar-refractivity contribution in [2.45, 2.75) is 26.7 Å². The van der Waals surface area contributed by atoms with Gasteiger partial charge in [-0.2, -0.15) is 0 Å². The second-order valence-corrected chi connectivity index (χ2v) is 3.82. The summed E-state index contributed by atoms with van der Waals surface area (Å²) in [6.45, 7) is 3.69. The molecule has 0 saturated carbocycles. The van der Waals surface area contributed by atoms with Crippen LogP contribution in [-0.2, 0) is 6.42 Å². The van der Waals surface area contributed by atoms with Gasteiger partial charge in [-0.3, -0.25) is 9.78 Å². The monoisotopic (exact) mass is 187 g/mol. The maximum atomic E-state index is 11.1. The molecule has 0 aromatic carbocycles. The molecule has 0 atom stereocenters. The lowest BCUT2D eigenvalue weighted by Gasteiger charge is -2.13. The molecule has 0 bridgehead atoms. The van der Waals surface area contributed by atoms with Gasteiger partial charge in [0.15, 0.2) is 5.78 Å². The smallest absolute Gasteiger partial charge is 0.161 e. The van der Waals surface area contributed by atoms with Gasteiger partial charge < -0.3 is 0 Å². The lowest BCUT2D eigenvalue weighted by molar-refractivity contribution is 0.101. The van der Waals surface area contributed by atoms with Crippen LogP contribution in [0.3, 0.4) is 0 Å². The SMILES string of the molecule is CC(=O)c1cnc2c(c1)CCC(C)=C2. The van der Waals surface area contributed by atoms with Crippen molar-refractivity contribution >= 4 is 11.9 Å². The number of hydrogen-bond donors (Lipinski definition) is 0. The summed E-state index contributed by atoms with van der Waals surface area (Å²) < 4.78 is 0. The summed E-state index contributed by atoms with van der Waals surface area (Å²) in [7, 11) is 0. The van der Waals surface area contributed by atoms with Crippen molar-refractivity contribution in [3.63, 3.8) is 0 Å². The minimum absolute atomic E-state index is 0.0894. The van der Waals surface area contributed by atoms with Gasteiger partial charge in [0.05, 0.1) is 5.69 Å². The van der Waals surface area contributed by atoms with Crippen LogP contribution in [0.5, 0.6) is 0 Å². The van der Waals surface area contributed by atoms with Gasteiger partial charge in [-0.05, 0) is 44.4 Å². The lowest BCUT2D eigenvalue weighted by atomic mass is 9.95. The number of ketones is 1. The van der Waals surface area contributed by atoms with Gasteiger partial charge in [0.1, 0.15) is 0 Å². The first-order chi connectivity index (χ1) is 6.66. The molecule has 72 valence electrons. The fraction of sp³-hybridized carbons (Fsp3) is 0.333. The molecule has 14 heavy (non-hydrogen) atoms. The molecule has 2 rings (SSSR count). The Morgan fingerprint density at radius 1 is 1.43 bits per heavy atom. The minimum atomic E-state index is 0.0894. The van der Waals surface area contributed by atoms with Gasteiger partial charge in [-0.25, -0.2) is 0 Å². The summed E-state index contributed by atoms with van der Waals surface area (Å²) in [5.41, 5.74) is 4.30. The number of carbonyl (C=O) groups excluding carboxylic acids is 1. The van der Waals surface area contributed by atoms with Crippen LogP contribution < -0.4 is 0 Å². The van der Waals surface area contributed by atoms with E-state index in [-0.39, 0.29) is 5.78 Å². The molecule has 1 aliphatic carbocycles. The molecule has 1 aliphatic rings. The number of aromatic nitrogens is 1. The highest BCUT2D eigenvalue weighted by molar-refractivity contribution is 5.94. The second kappa shape index (κ2) is 3.37. The highest BCUT2D eigenvalue weighted by atomic mass is 16.1. The summed E-state index contributed by atoms with van der Waals surface area (Å²) in [5, 5.41) is 0. The van der Waals surface area contributed by atoms with Crippen molar-refractivity contribution < 1.29 is 4.79 Å². The molecule has 0 saturated heterocycles. The summed E-state index contributed by atoms with van der Waals surface area (Å²) in [5.74, 6) is 0.0894. The second-order valence-electron chi connectivity index (χ2n) is 3.82. The molecule has 1 aromatic rings. The molecule has 2 nitrogen and oxygen atoms in total. The number of hydrogen-bond acceptors (Lipinski definition) is 2. The predicted molar refractivity (Wildman–Crippen MR) is 56.2 cm³/mol. The lowest BCUT2D eigenvalue weighted by Crippen LogP contribution is -2.03. The molecule has 1 aromatic heterocycles. The number of rotatable bonds is 1.